The first-order chi connectivity index (χ1) is 7.83. The fourth-order valence-electron chi connectivity index (χ4n) is 1.54. The highest BCUT2D eigenvalue weighted by molar-refractivity contribution is 5.09. The van der Waals surface area contributed by atoms with Crippen LogP contribution in [0.5, 0.6) is 0 Å². The van der Waals surface area contributed by atoms with E-state index in [9.17, 15) is 0 Å². The molecular formula is C13H22N2O. The van der Waals surface area contributed by atoms with Crippen LogP contribution >= 0.6 is 0 Å². The molecule has 0 aliphatic rings. The van der Waals surface area contributed by atoms with Gasteiger partial charge in [-0.3, -0.25) is 4.98 Å². The number of nitrogens with zero attached hydrogens (tertiary/aromatic N) is 1. The summed E-state index contributed by atoms with van der Waals surface area (Å²) in [6, 6.07) is 4.12. The molecular weight excluding hydrogens is 200 g/mol. The van der Waals surface area contributed by atoms with Crippen LogP contribution in [0.15, 0.2) is 24.5 Å². The third kappa shape index (κ3) is 5.83. The summed E-state index contributed by atoms with van der Waals surface area (Å²) in [6.07, 6.45) is 7.25. The van der Waals surface area contributed by atoms with Crippen LogP contribution in [-0.4, -0.2) is 31.3 Å². The van der Waals surface area contributed by atoms with E-state index in [1.54, 1.807) is 0 Å². The second kappa shape index (κ2) is 8.25. The molecule has 90 valence electrons. The molecule has 1 rings (SSSR count). The smallest absolute Gasteiger partial charge is 0.0559 e. The van der Waals surface area contributed by atoms with E-state index >= 15 is 0 Å². The molecule has 1 N–H and O–H groups in total. The number of aryl methyl sites for hydroxylation is 1. The molecule has 0 radical (unpaired) electrons. The summed E-state index contributed by atoms with van der Waals surface area (Å²) >= 11 is 0. The number of ether oxygens (including phenoxy) is 1. The van der Waals surface area contributed by atoms with E-state index in [0.717, 1.165) is 32.4 Å². The van der Waals surface area contributed by atoms with Gasteiger partial charge >= 0.3 is 0 Å². The molecule has 1 heterocycles. The minimum atomic E-state index is 0.352. The molecule has 1 unspecified atom stereocenters. The van der Waals surface area contributed by atoms with E-state index in [-0.39, 0.29) is 0 Å². The molecule has 16 heavy (non-hydrogen) atoms. The summed E-state index contributed by atoms with van der Waals surface area (Å²) in [5.41, 5.74) is 1.33. The van der Waals surface area contributed by atoms with Crippen LogP contribution in [0, 0.1) is 0 Å². The van der Waals surface area contributed by atoms with Gasteiger partial charge in [0.05, 0.1) is 6.10 Å². The molecule has 0 bridgehead atoms. The SMILES string of the molecule is CNCCC(C)OCCCc1ccncc1. The molecule has 3 nitrogen and oxygen atoms in total. The van der Waals surface area contributed by atoms with Gasteiger partial charge in [0, 0.05) is 19.0 Å². The van der Waals surface area contributed by atoms with Crippen molar-refractivity contribution in [2.45, 2.75) is 32.3 Å². The van der Waals surface area contributed by atoms with E-state index < -0.39 is 0 Å². The lowest BCUT2D eigenvalue weighted by Gasteiger charge is -2.12. The third-order valence-electron chi connectivity index (χ3n) is 2.56. The lowest BCUT2D eigenvalue weighted by molar-refractivity contribution is 0.0593. The Balaban J connectivity index is 2.03. The predicted octanol–water partition coefficient (Wildman–Crippen LogP) is 2.03. The van der Waals surface area contributed by atoms with E-state index in [1.807, 2.05) is 19.4 Å². The number of rotatable bonds is 8. The summed E-state index contributed by atoms with van der Waals surface area (Å²) < 4.78 is 5.71. The van der Waals surface area contributed by atoms with Crippen LogP contribution in [0.25, 0.3) is 0 Å². The quantitative estimate of drug-likeness (QED) is 0.683. The average Bonchev–Trinajstić information content (AvgIpc) is 2.33. The molecule has 1 atom stereocenters. The maximum absolute atomic E-state index is 5.71. The number of nitrogens with one attached hydrogen (secondary N) is 1. The Labute approximate surface area is 98.2 Å². The molecule has 1 aromatic heterocycles. The first-order valence-electron chi connectivity index (χ1n) is 5.98. The zero-order valence-electron chi connectivity index (χ0n) is 10.3. The van der Waals surface area contributed by atoms with Crippen LogP contribution < -0.4 is 5.32 Å². The van der Waals surface area contributed by atoms with Gasteiger partial charge in [-0.05, 0) is 57.5 Å². The molecule has 0 saturated carbocycles. The monoisotopic (exact) mass is 222 g/mol. The van der Waals surface area contributed by atoms with Crippen LogP contribution in [-0.2, 0) is 11.2 Å². The second-order valence-electron chi connectivity index (χ2n) is 4.03. The first kappa shape index (κ1) is 13.1. The first-order valence-corrected chi connectivity index (χ1v) is 5.98. The Morgan fingerprint density at radius 3 is 2.81 bits per heavy atom. The Hall–Kier alpha value is -0.930. The molecule has 0 saturated heterocycles. The Morgan fingerprint density at radius 2 is 2.12 bits per heavy atom. The molecule has 3 heteroatoms. The van der Waals surface area contributed by atoms with Crippen molar-refractivity contribution in [2.75, 3.05) is 20.2 Å². The van der Waals surface area contributed by atoms with Crippen LogP contribution in [0.4, 0.5) is 0 Å². The normalized spacial score (nSPS) is 12.6. The van der Waals surface area contributed by atoms with Gasteiger partial charge < -0.3 is 10.1 Å². The largest absolute Gasteiger partial charge is 0.378 e. The van der Waals surface area contributed by atoms with Gasteiger partial charge in [0.25, 0.3) is 0 Å². The predicted molar refractivity (Wildman–Crippen MR) is 66.5 cm³/mol. The minimum Gasteiger partial charge on any atom is -0.378 e. The van der Waals surface area contributed by atoms with Crippen LogP contribution in [0.2, 0.25) is 0 Å². The highest BCUT2D eigenvalue weighted by Gasteiger charge is 2.00. The summed E-state index contributed by atoms with van der Waals surface area (Å²) in [5, 5.41) is 3.13. The molecule has 0 amide bonds. The maximum Gasteiger partial charge on any atom is 0.0559 e. The lowest BCUT2D eigenvalue weighted by atomic mass is 10.1. The lowest BCUT2D eigenvalue weighted by Crippen LogP contribution is -2.17. The number of hydrogen-bond donors (Lipinski definition) is 1. The zero-order chi connectivity index (χ0) is 11.6. The highest BCUT2D eigenvalue weighted by atomic mass is 16.5. The van der Waals surface area contributed by atoms with E-state index in [0.29, 0.717) is 6.10 Å². The second-order valence-corrected chi connectivity index (χ2v) is 4.03. The van der Waals surface area contributed by atoms with Crippen molar-refractivity contribution in [3.63, 3.8) is 0 Å². The van der Waals surface area contributed by atoms with Crippen LogP contribution in [0.3, 0.4) is 0 Å². The molecule has 0 aromatic carbocycles. The van der Waals surface area contributed by atoms with Gasteiger partial charge in [0.2, 0.25) is 0 Å². The van der Waals surface area contributed by atoms with Crippen LogP contribution in [0.1, 0.15) is 25.3 Å². The van der Waals surface area contributed by atoms with Gasteiger partial charge in [-0.15, -0.1) is 0 Å². The van der Waals surface area contributed by atoms with Gasteiger partial charge in [0.15, 0.2) is 0 Å². The van der Waals surface area contributed by atoms with Crippen molar-refractivity contribution < 1.29 is 4.74 Å². The zero-order valence-corrected chi connectivity index (χ0v) is 10.3. The molecule has 0 spiro atoms. The molecule has 0 aliphatic heterocycles. The number of hydrogen-bond acceptors (Lipinski definition) is 3. The summed E-state index contributed by atoms with van der Waals surface area (Å²) in [6.45, 7) is 3.99. The van der Waals surface area contributed by atoms with Crippen molar-refractivity contribution in [1.29, 1.82) is 0 Å². The van der Waals surface area contributed by atoms with E-state index in [2.05, 4.69) is 29.4 Å². The van der Waals surface area contributed by atoms with Crippen molar-refractivity contribution in [3.05, 3.63) is 30.1 Å². The Morgan fingerprint density at radius 1 is 1.38 bits per heavy atom. The van der Waals surface area contributed by atoms with Crippen molar-refractivity contribution in [3.8, 4) is 0 Å². The van der Waals surface area contributed by atoms with Crippen molar-refractivity contribution in [1.82, 2.24) is 10.3 Å². The summed E-state index contributed by atoms with van der Waals surface area (Å²) in [7, 11) is 1.97. The topological polar surface area (TPSA) is 34.1 Å². The van der Waals surface area contributed by atoms with Gasteiger partial charge in [0.1, 0.15) is 0 Å². The standard InChI is InChI=1S/C13H22N2O/c1-12(5-8-14-2)16-11-3-4-13-6-9-15-10-7-13/h6-7,9-10,12,14H,3-5,8,11H2,1-2H3. The highest BCUT2D eigenvalue weighted by Crippen LogP contribution is 2.03. The van der Waals surface area contributed by atoms with Gasteiger partial charge in [-0.25, -0.2) is 0 Å². The van der Waals surface area contributed by atoms with Gasteiger partial charge in [-0.2, -0.15) is 0 Å². The van der Waals surface area contributed by atoms with Gasteiger partial charge in [-0.1, -0.05) is 0 Å². The average molecular weight is 222 g/mol. The Bertz CT molecular complexity index is 264. The number of aromatic nitrogens is 1. The van der Waals surface area contributed by atoms with E-state index in [4.69, 9.17) is 4.74 Å². The van der Waals surface area contributed by atoms with Crippen molar-refractivity contribution >= 4 is 0 Å². The fraction of sp³-hybridized carbons (Fsp3) is 0.615. The number of pyridine rings is 1. The minimum absolute atomic E-state index is 0.352. The molecule has 0 aliphatic carbocycles. The molecule has 0 fully saturated rings. The summed E-state index contributed by atoms with van der Waals surface area (Å²) in [4.78, 5) is 4.00. The summed E-state index contributed by atoms with van der Waals surface area (Å²) in [5.74, 6) is 0. The molecule has 1 aromatic rings. The third-order valence-corrected chi connectivity index (χ3v) is 2.56. The maximum atomic E-state index is 5.71. The van der Waals surface area contributed by atoms with Crippen molar-refractivity contribution in [2.24, 2.45) is 0 Å². The Kier molecular flexibility index (Phi) is 6.77. The van der Waals surface area contributed by atoms with E-state index in [1.165, 1.54) is 5.56 Å². The fourth-order valence-corrected chi connectivity index (χ4v) is 1.54.